The minimum Gasteiger partial charge on any atom is -0.310 e. The van der Waals surface area contributed by atoms with E-state index in [-0.39, 0.29) is 11.8 Å². The van der Waals surface area contributed by atoms with E-state index in [1.54, 1.807) is 0 Å². The number of ketones is 1. The summed E-state index contributed by atoms with van der Waals surface area (Å²) in [6, 6.07) is 17.9. The summed E-state index contributed by atoms with van der Waals surface area (Å²) in [5, 5.41) is 3.52. The van der Waals surface area contributed by atoms with Crippen molar-refractivity contribution in [3.63, 3.8) is 0 Å². The molecule has 0 amide bonds. The van der Waals surface area contributed by atoms with E-state index < -0.39 is 0 Å². The maximum atomic E-state index is 12.5. The van der Waals surface area contributed by atoms with E-state index in [2.05, 4.69) is 40.3 Å². The van der Waals surface area contributed by atoms with Crippen LogP contribution in [0.4, 0.5) is 0 Å². The molecule has 116 valence electrons. The first kappa shape index (κ1) is 16.9. The van der Waals surface area contributed by atoms with Crippen LogP contribution in [0, 0.1) is 0 Å². The number of carbonyl (C=O) groups excluding carboxylic acids is 1. The van der Waals surface area contributed by atoms with E-state index in [9.17, 15) is 4.79 Å². The molecule has 0 aliphatic carbocycles. The van der Waals surface area contributed by atoms with E-state index in [0.717, 1.165) is 29.4 Å². The van der Waals surface area contributed by atoms with Crippen LogP contribution in [0.15, 0.2) is 59.1 Å². The molecule has 0 aromatic heterocycles. The van der Waals surface area contributed by atoms with Gasteiger partial charge in [0, 0.05) is 22.5 Å². The molecule has 0 heterocycles. The lowest BCUT2D eigenvalue weighted by Crippen LogP contribution is -2.25. The summed E-state index contributed by atoms with van der Waals surface area (Å²) >= 11 is 3.40. The first-order valence-electron chi connectivity index (χ1n) is 7.77. The molecule has 3 heteroatoms. The highest BCUT2D eigenvalue weighted by atomic mass is 79.9. The first-order chi connectivity index (χ1) is 10.7. The van der Waals surface area contributed by atoms with Crippen LogP contribution in [0.5, 0.6) is 0 Å². The van der Waals surface area contributed by atoms with Crippen LogP contribution in [-0.2, 0) is 0 Å². The predicted octanol–water partition coefficient (Wildman–Crippen LogP) is 5.15. The zero-order valence-corrected chi connectivity index (χ0v) is 14.5. The van der Waals surface area contributed by atoms with Gasteiger partial charge in [0.2, 0.25) is 0 Å². The third-order valence-corrected chi connectivity index (χ3v) is 4.21. The van der Waals surface area contributed by atoms with Crippen LogP contribution in [-0.4, -0.2) is 12.3 Å². The zero-order chi connectivity index (χ0) is 15.8. The molecule has 2 nitrogen and oxygen atoms in total. The van der Waals surface area contributed by atoms with Crippen molar-refractivity contribution < 1.29 is 4.79 Å². The number of hydrogen-bond acceptors (Lipinski definition) is 2. The Morgan fingerprint density at radius 2 is 1.77 bits per heavy atom. The first-order valence-corrected chi connectivity index (χ1v) is 8.57. The minimum atomic E-state index is 0.0731. The third kappa shape index (κ3) is 5.08. The highest BCUT2D eigenvalue weighted by molar-refractivity contribution is 9.10. The largest absolute Gasteiger partial charge is 0.310 e. The molecule has 0 fully saturated rings. The Bertz CT molecular complexity index is 580. The van der Waals surface area contributed by atoms with Crippen molar-refractivity contribution in [1.82, 2.24) is 5.32 Å². The molecule has 1 atom stereocenters. The Morgan fingerprint density at radius 3 is 2.41 bits per heavy atom. The van der Waals surface area contributed by atoms with E-state index in [0.29, 0.717) is 6.42 Å². The second kappa shape index (κ2) is 8.86. The van der Waals surface area contributed by atoms with Crippen molar-refractivity contribution >= 4 is 21.7 Å². The lowest BCUT2D eigenvalue weighted by molar-refractivity contribution is 0.0968. The lowest BCUT2D eigenvalue weighted by Gasteiger charge is -2.18. The summed E-state index contributed by atoms with van der Waals surface area (Å²) in [5.74, 6) is 0.172. The number of rotatable bonds is 8. The van der Waals surface area contributed by atoms with Crippen molar-refractivity contribution in [2.75, 3.05) is 6.54 Å². The predicted molar refractivity (Wildman–Crippen MR) is 95.2 cm³/mol. The van der Waals surface area contributed by atoms with Gasteiger partial charge in [0.25, 0.3) is 0 Å². The van der Waals surface area contributed by atoms with Crippen LogP contribution < -0.4 is 5.32 Å². The van der Waals surface area contributed by atoms with Gasteiger partial charge >= 0.3 is 0 Å². The Balaban J connectivity index is 2.08. The highest BCUT2D eigenvalue weighted by Gasteiger charge is 2.16. The quantitative estimate of drug-likeness (QED) is 0.521. The fourth-order valence-corrected chi connectivity index (χ4v) is 2.65. The molecule has 2 aromatic rings. The molecule has 0 bridgehead atoms. The molecular formula is C19H22BrNO. The van der Waals surface area contributed by atoms with Gasteiger partial charge < -0.3 is 5.32 Å². The molecule has 0 spiro atoms. The zero-order valence-electron chi connectivity index (χ0n) is 12.9. The summed E-state index contributed by atoms with van der Waals surface area (Å²) in [6.07, 6.45) is 2.75. The van der Waals surface area contributed by atoms with Gasteiger partial charge in [-0.3, -0.25) is 4.79 Å². The second-order valence-corrected chi connectivity index (χ2v) is 6.32. The molecule has 22 heavy (non-hydrogen) atoms. The van der Waals surface area contributed by atoms with Gasteiger partial charge in [-0.15, -0.1) is 0 Å². The van der Waals surface area contributed by atoms with Crippen molar-refractivity contribution in [2.45, 2.75) is 32.2 Å². The van der Waals surface area contributed by atoms with Crippen molar-refractivity contribution in [1.29, 1.82) is 0 Å². The van der Waals surface area contributed by atoms with E-state index >= 15 is 0 Å². The molecule has 2 rings (SSSR count). The molecule has 0 aliphatic rings. The summed E-state index contributed by atoms with van der Waals surface area (Å²) in [6.45, 7) is 3.11. The third-order valence-electron chi connectivity index (χ3n) is 3.68. The second-order valence-electron chi connectivity index (χ2n) is 5.41. The summed E-state index contributed by atoms with van der Waals surface area (Å²) in [5.41, 5.74) is 1.94. The number of Topliss-reactive ketones (excluding diaryl/α,β-unsaturated/α-hetero) is 1. The van der Waals surface area contributed by atoms with Crippen LogP contribution in [0.2, 0.25) is 0 Å². The van der Waals surface area contributed by atoms with Gasteiger partial charge in [0.1, 0.15) is 0 Å². The smallest absolute Gasteiger partial charge is 0.164 e. The fourth-order valence-electron chi connectivity index (χ4n) is 2.39. The minimum absolute atomic E-state index is 0.0731. The van der Waals surface area contributed by atoms with Crippen molar-refractivity contribution in [3.8, 4) is 0 Å². The number of unbranched alkanes of at least 4 members (excludes halogenated alkanes) is 1. The normalized spacial score (nSPS) is 12.1. The average molecular weight is 360 g/mol. The molecule has 0 aliphatic heterocycles. The standard InChI is InChI=1S/C19H22BrNO/c1-2-3-13-21-18(15-7-5-4-6-8-15)14-19(22)16-9-11-17(20)12-10-16/h4-12,18,21H,2-3,13-14H2,1H3. The molecule has 0 saturated heterocycles. The van der Waals surface area contributed by atoms with Crippen molar-refractivity contribution in [2.24, 2.45) is 0 Å². The van der Waals surface area contributed by atoms with E-state index in [4.69, 9.17) is 0 Å². The van der Waals surface area contributed by atoms with Crippen LogP contribution in [0.25, 0.3) is 0 Å². The van der Waals surface area contributed by atoms with Gasteiger partial charge in [0.05, 0.1) is 0 Å². The van der Waals surface area contributed by atoms with Crippen LogP contribution in [0.1, 0.15) is 48.1 Å². The van der Waals surface area contributed by atoms with Gasteiger partial charge in [-0.25, -0.2) is 0 Å². The van der Waals surface area contributed by atoms with Gasteiger partial charge in [0.15, 0.2) is 5.78 Å². The molecule has 2 aromatic carbocycles. The lowest BCUT2D eigenvalue weighted by atomic mass is 9.98. The average Bonchev–Trinajstić information content (AvgIpc) is 2.55. The number of halogens is 1. The SMILES string of the molecule is CCCCNC(CC(=O)c1ccc(Br)cc1)c1ccccc1. The summed E-state index contributed by atoms with van der Waals surface area (Å²) in [7, 11) is 0. The number of nitrogens with one attached hydrogen (secondary N) is 1. The maximum Gasteiger partial charge on any atom is 0.164 e. The van der Waals surface area contributed by atoms with E-state index in [1.807, 2.05) is 42.5 Å². The number of hydrogen-bond donors (Lipinski definition) is 1. The summed E-state index contributed by atoms with van der Waals surface area (Å²) < 4.78 is 0.990. The van der Waals surface area contributed by atoms with Crippen LogP contribution in [0.3, 0.4) is 0 Å². The van der Waals surface area contributed by atoms with Crippen molar-refractivity contribution in [3.05, 3.63) is 70.2 Å². The number of benzene rings is 2. The summed E-state index contributed by atoms with van der Waals surface area (Å²) in [4.78, 5) is 12.5. The Kier molecular flexibility index (Phi) is 6.81. The molecule has 1 N–H and O–H groups in total. The Labute approximate surface area is 141 Å². The molecule has 0 saturated carbocycles. The van der Waals surface area contributed by atoms with Crippen LogP contribution >= 0.6 is 15.9 Å². The number of carbonyl (C=O) groups is 1. The van der Waals surface area contributed by atoms with Gasteiger partial charge in [-0.1, -0.05) is 71.7 Å². The Morgan fingerprint density at radius 1 is 1.09 bits per heavy atom. The molecule has 0 radical (unpaired) electrons. The molecule has 1 unspecified atom stereocenters. The Hall–Kier alpha value is -1.45. The monoisotopic (exact) mass is 359 g/mol. The maximum absolute atomic E-state index is 12.5. The highest BCUT2D eigenvalue weighted by Crippen LogP contribution is 2.20. The van der Waals surface area contributed by atoms with Gasteiger partial charge in [-0.05, 0) is 30.7 Å². The van der Waals surface area contributed by atoms with E-state index in [1.165, 1.54) is 5.56 Å². The topological polar surface area (TPSA) is 29.1 Å². The molecular weight excluding hydrogens is 338 g/mol. The fraction of sp³-hybridized carbons (Fsp3) is 0.316. The van der Waals surface area contributed by atoms with Gasteiger partial charge in [-0.2, -0.15) is 0 Å².